The molecule has 0 aliphatic carbocycles. The number of nitro groups is 1. The number of nitrogens with zero attached hydrogens (tertiary/aromatic N) is 4. The first-order valence-corrected chi connectivity index (χ1v) is 12.3. The van der Waals surface area contributed by atoms with Gasteiger partial charge in [-0.15, -0.1) is 0 Å². The van der Waals surface area contributed by atoms with Crippen molar-refractivity contribution < 1.29 is 23.9 Å². The predicted octanol–water partition coefficient (Wildman–Crippen LogP) is 4.89. The Morgan fingerprint density at radius 1 is 1.22 bits per heavy atom. The van der Waals surface area contributed by atoms with Crippen LogP contribution in [0.15, 0.2) is 54.7 Å². The van der Waals surface area contributed by atoms with E-state index in [1.807, 2.05) is 31.2 Å². The molecule has 1 fully saturated rings. The molecule has 0 bridgehead atoms. The van der Waals surface area contributed by atoms with Gasteiger partial charge in [-0.3, -0.25) is 9.88 Å². The summed E-state index contributed by atoms with van der Waals surface area (Å²) in [6.45, 7) is 4.09. The lowest BCUT2D eigenvalue weighted by Gasteiger charge is -2.33. The summed E-state index contributed by atoms with van der Waals surface area (Å²) in [5.74, 6) is 0.464. The highest BCUT2D eigenvalue weighted by Gasteiger charge is 2.41. The van der Waals surface area contributed by atoms with Gasteiger partial charge in [0.2, 0.25) is 0 Å². The van der Waals surface area contributed by atoms with E-state index in [0.717, 1.165) is 31.6 Å². The van der Waals surface area contributed by atoms with Gasteiger partial charge >= 0.3 is 17.9 Å². The van der Waals surface area contributed by atoms with Gasteiger partial charge in [-0.2, -0.15) is 0 Å². The molecular weight excluding hydrogens is 502 g/mol. The number of piperidine rings is 1. The summed E-state index contributed by atoms with van der Waals surface area (Å²) in [5, 5.41) is 14.2. The molecule has 0 unspecified atom stereocenters. The minimum absolute atomic E-state index is 0.144. The second-order valence-corrected chi connectivity index (χ2v) is 9.76. The van der Waals surface area contributed by atoms with Crippen LogP contribution in [-0.2, 0) is 11.3 Å². The molecule has 0 saturated carbocycles. The molecule has 2 aliphatic heterocycles. The number of hydrogen-bond acceptors (Lipinski definition) is 8. The van der Waals surface area contributed by atoms with E-state index in [1.165, 1.54) is 6.20 Å². The standard InChI is InChI=1S/C25H26ClN5O6/c1-25(15-30-14-22(31(33)34)28-23(30)37-25)16-35-20-8-6-19(7-9-20)29-12-10-21(11-13-29)36-24(32)27-18-4-2-17(26)3-5-18/h2-9,14,21H,10-13,15-16H2,1H3,(H,27,32)/t25-/m1/s1. The summed E-state index contributed by atoms with van der Waals surface area (Å²) < 4.78 is 18.9. The molecule has 1 atom stereocenters. The van der Waals surface area contributed by atoms with Gasteiger partial charge < -0.3 is 29.2 Å². The van der Waals surface area contributed by atoms with Crippen molar-refractivity contribution in [2.75, 3.05) is 29.9 Å². The SMILES string of the molecule is C[C@]1(COc2ccc(N3CCC(OC(=O)Nc4ccc(Cl)cc4)CC3)cc2)Cn2cc([N+](=O)[O-])nc2O1. The molecule has 2 aliphatic rings. The van der Waals surface area contributed by atoms with Crippen LogP contribution in [0.2, 0.25) is 5.02 Å². The van der Waals surface area contributed by atoms with Crippen LogP contribution >= 0.6 is 11.6 Å². The first kappa shape index (κ1) is 24.7. The Morgan fingerprint density at radius 3 is 2.57 bits per heavy atom. The molecule has 12 heteroatoms. The molecule has 37 heavy (non-hydrogen) atoms. The number of anilines is 2. The van der Waals surface area contributed by atoms with Crippen molar-refractivity contribution in [3.63, 3.8) is 0 Å². The monoisotopic (exact) mass is 527 g/mol. The number of hydrogen-bond donors (Lipinski definition) is 1. The fourth-order valence-corrected chi connectivity index (χ4v) is 4.54. The number of amides is 1. The van der Waals surface area contributed by atoms with Gasteiger partial charge in [-0.05, 0) is 60.4 Å². The van der Waals surface area contributed by atoms with Crippen LogP contribution in [0.25, 0.3) is 0 Å². The van der Waals surface area contributed by atoms with Crippen molar-refractivity contribution in [3.05, 3.63) is 69.9 Å². The average molecular weight is 528 g/mol. The van der Waals surface area contributed by atoms with Crippen molar-refractivity contribution in [1.82, 2.24) is 9.55 Å². The third-order valence-corrected chi connectivity index (χ3v) is 6.56. The summed E-state index contributed by atoms with van der Waals surface area (Å²) >= 11 is 5.87. The molecule has 1 saturated heterocycles. The number of halogens is 1. The number of rotatable bonds is 7. The number of carbonyl (C=O) groups excluding carboxylic acids is 1. The molecule has 11 nitrogen and oxygen atoms in total. The Hall–Kier alpha value is -3.99. The summed E-state index contributed by atoms with van der Waals surface area (Å²) in [5.41, 5.74) is 1.03. The van der Waals surface area contributed by atoms with Crippen LogP contribution in [0, 0.1) is 10.1 Å². The average Bonchev–Trinajstić information content (AvgIpc) is 3.41. The van der Waals surface area contributed by atoms with Crippen molar-refractivity contribution in [3.8, 4) is 11.8 Å². The molecule has 1 amide bonds. The Bertz CT molecular complexity index is 1250. The highest BCUT2D eigenvalue weighted by atomic mass is 35.5. The number of ether oxygens (including phenoxy) is 3. The van der Waals surface area contributed by atoms with Crippen molar-refractivity contribution in [2.24, 2.45) is 0 Å². The third-order valence-electron chi connectivity index (χ3n) is 6.31. The Labute approximate surface area is 218 Å². The summed E-state index contributed by atoms with van der Waals surface area (Å²) in [6.07, 6.45) is 2.22. The summed E-state index contributed by atoms with van der Waals surface area (Å²) in [4.78, 5) is 28.7. The maximum Gasteiger partial charge on any atom is 0.415 e. The van der Waals surface area contributed by atoms with E-state index in [-0.39, 0.29) is 24.5 Å². The highest BCUT2D eigenvalue weighted by molar-refractivity contribution is 6.30. The number of carbonyl (C=O) groups is 1. The maximum absolute atomic E-state index is 12.2. The lowest BCUT2D eigenvalue weighted by atomic mass is 10.1. The second kappa shape index (κ2) is 10.2. The first-order valence-electron chi connectivity index (χ1n) is 11.9. The van der Waals surface area contributed by atoms with E-state index in [9.17, 15) is 14.9 Å². The molecule has 3 heterocycles. The molecule has 2 aromatic carbocycles. The number of aromatic nitrogens is 2. The highest BCUT2D eigenvalue weighted by Crippen LogP contribution is 2.32. The van der Waals surface area contributed by atoms with Gasteiger partial charge in [-0.1, -0.05) is 11.6 Å². The summed E-state index contributed by atoms with van der Waals surface area (Å²) in [6, 6.07) is 14.9. The zero-order chi connectivity index (χ0) is 26.0. The predicted molar refractivity (Wildman–Crippen MR) is 137 cm³/mol. The number of benzene rings is 2. The molecular formula is C25H26ClN5O6. The Kier molecular flexibility index (Phi) is 6.79. The van der Waals surface area contributed by atoms with Crippen molar-refractivity contribution in [2.45, 2.75) is 38.0 Å². The third kappa shape index (κ3) is 5.88. The Balaban J connectivity index is 1.06. The molecule has 1 N–H and O–H groups in total. The number of fused-ring (bicyclic) bond motifs is 1. The van der Waals surface area contributed by atoms with E-state index in [0.29, 0.717) is 23.0 Å². The van der Waals surface area contributed by atoms with Crippen molar-refractivity contribution >= 4 is 34.9 Å². The quantitative estimate of drug-likeness (QED) is 0.340. The first-order chi connectivity index (χ1) is 17.8. The van der Waals surface area contributed by atoms with Crippen LogP contribution in [0.1, 0.15) is 19.8 Å². The molecule has 0 radical (unpaired) electrons. The van der Waals surface area contributed by atoms with Crippen LogP contribution < -0.4 is 19.7 Å². The van der Waals surface area contributed by atoms with Crippen molar-refractivity contribution in [1.29, 1.82) is 0 Å². The minimum Gasteiger partial charge on any atom is -0.489 e. The second-order valence-electron chi connectivity index (χ2n) is 9.32. The van der Waals surface area contributed by atoms with E-state index in [1.54, 1.807) is 28.8 Å². The molecule has 3 aromatic rings. The molecule has 0 spiro atoms. The van der Waals surface area contributed by atoms with E-state index >= 15 is 0 Å². The zero-order valence-corrected chi connectivity index (χ0v) is 20.9. The van der Waals surface area contributed by atoms with Gasteiger partial charge in [0.05, 0.1) is 6.54 Å². The fourth-order valence-electron chi connectivity index (χ4n) is 4.41. The molecule has 1 aromatic heterocycles. The van der Waals surface area contributed by atoms with Gasteiger partial charge in [0.1, 0.15) is 24.7 Å². The molecule has 5 rings (SSSR count). The largest absolute Gasteiger partial charge is 0.489 e. The van der Waals surface area contributed by atoms with E-state index in [2.05, 4.69) is 15.2 Å². The van der Waals surface area contributed by atoms with Gasteiger partial charge in [-0.25, -0.2) is 4.79 Å². The Morgan fingerprint density at radius 2 is 1.92 bits per heavy atom. The normalized spacial score (nSPS) is 19.1. The lowest BCUT2D eigenvalue weighted by Crippen LogP contribution is -2.38. The van der Waals surface area contributed by atoms with E-state index in [4.69, 9.17) is 25.8 Å². The van der Waals surface area contributed by atoms with Crippen LogP contribution in [-0.4, -0.2) is 52.0 Å². The van der Waals surface area contributed by atoms with E-state index < -0.39 is 16.6 Å². The lowest BCUT2D eigenvalue weighted by molar-refractivity contribution is -0.389. The summed E-state index contributed by atoms with van der Waals surface area (Å²) in [7, 11) is 0. The fraction of sp³-hybridized carbons (Fsp3) is 0.360. The van der Waals surface area contributed by atoms with Gasteiger partial charge in [0.25, 0.3) is 0 Å². The topological polar surface area (TPSA) is 121 Å². The maximum atomic E-state index is 12.2. The van der Waals surface area contributed by atoms with Crippen LogP contribution in [0.5, 0.6) is 11.8 Å². The zero-order valence-electron chi connectivity index (χ0n) is 20.1. The molecule has 194 valence electrons. The van der Waals surface area contributed by atoms with Crippen LogP contribution in [0.4, 0.5) is 22.0 Å². The smallest absolute Gasteiger partial charge is 0.415 e. The van der Waals surface area contributed by atoms with Gasteiger partial charge in [0, 0.05) is 47.3 Å². The van der Waals surface area contributed by atoms with Gasteiger partial charge in [0.15, 0.2) is 5.60 Å². The number of nitrogens with one attached hydrogen (secondary N) is 1. The number of imidazole rings is 1. The minimum atomic E-state index is -0.669. The van der Waals surface area contributed by atoms with Crippen LogP contribution in [0.3, 0.4) is 0 Å².